The Balaban J connectivity index is 1.34. The van der Waals surface area contributed by atoms with Crippen LogP contribution in [0.4, 0.5) is 5.69 Å². The molecule has 37 heavy (non-hydrogen) atoms. The summed E-state index contributed by atoms with van der Waals surface area (Å²) >= 11 is 8.85. The topological polar surface area (TPSA) is 58.6 Å². The normalized spacial score (nSPS) is 14.8. The van der Waals surface area contributed by atoms with Crippen LogP contribution in [-0.4, -0.2) is 16.9 Å². The quantitative estimate of drug-likeness (QED) is 0.162. The Morgan fingerprint density at radius 3 is 2.38 bits per heavy atom. The van der Waals surface area contributed by atoms with E-state index in [2.05, 4.69) is 52.4 Å². The summed E-state index contributed by atoms with van der Waals surface area (Å²) in [4.78, 5) is 27.3. The number of halogens is 1. The highest BCUT2D eigenvalue weighted by Gasteiger charge is 2.34. The molecule has 184 valence electrons. The second-order valence-electron chi connectivity index (χ2n) is 8.64. The van der Waals surface area contributed by atoms with Gasteiger partial charge in [0.05, 0.1) is 10.2 Å². The zero-order valence-corrected chi connectivity index (χ0v) is 22.4. The van der Waals surface area contributed by atoms with Gasteiger partial charge in [0.1, 0.15) is 17.9 Å². The van der Waals surface area contributed by atoms with E-state index < -0.39 is 11.8 Å². The van der Waals surface area contributed by atoms with Crippen molar-refractivity contribution in [1.29, 1.82) is 0 Å². The highest BCUT2D eigenvalue weighted by Crippen LogP contribution is 2.29. The highest BCUT2D eigenvalue weighted by atomic mass is 79.9. The molecule has 0 aliphatic carbocycles. The molecule has 0 radical (unpaired) electrons. The predicted molar refractivity (Wildman–Crippen MR) is 154 cm³/mol. The van der Waals surface area contributed by atoms with Crippen LogP contribution in [0.15, 0.2) is 95.0 Å². The number of amides is 2. The number of benzene rings is 4. The summed E-state index contributed by atoms with van der Waals surface area (Å²) in [6.07, 6.45) is 2.45. The van der Waals surface area contributed by atoms with E-state index in [0.29, 0.717) is 28.1 Å². The van der Waals surface area contributed by atoms with Gasteiger partial charge in [-0.25, -0.2) is 0 Å². The number of anilines is 1. The van der Waals surface area contributed by atoms with Crippen molar-refractivity contribution in [3.05, 3.63) is 112 Å². The van der Waals surface area contributed by atoms with Crippen LogP contribution in [0.2, 0.25) is 0 Å². The lowest BCUT2D eigenvalue weighted by Gasteiger charge is -2.29. The van der Waals surface area contributed by atoms with Crippen LogP contribution in [0, 0.1) is 0 Å². The van der Waals surface area contributed by atoms with Crippen LogP contribution >= 0.6 is 28.1 Å². The molecule has 0 atom stereocenters. The van der Waals surface area contributed by atoms with Gasteiger partial charge in [-0.2, -0.15) is 0 Å². The lowest BCUT2D eigenvalue weighted by molar-refractivity contribution is -0.122. The van der Waals surface area contributed by atoms with Crippen LogP contribution in [-0.2, 0) is 22.6 Å². The van der Waals surface area contributed by atoms with Gasteiger partial charge < -0.3 is 4.74 Å². The average Bonchev–Trinajstić information content (AvgIpc) is 2.90. The zero-order chi connectivity index (χ0) is 25.9. The first-order chi connectivity index (χ1) is 17.9. The molecule has 0 bridgehead atoms. The summed E-state index contributed by atoms with van der Waals surface area (Å²) in [5.41, 5.74) is 3.50. The number of rotatable bonds is 6. The first-order valence-corrected chi connectivity index (χ1v) is 13.0. The van der Waals surface area contributed by atoms with E-state index in [4.69, 9.17) is 17.0 Å². The second kappa shape index (κ2) is 10.7. The van der Waals surface area contributed by atoms with Gasteiger partial charge in [-0.15, -0.1) is 0 Å². The van der Waals surface area contributed by atoms with Crippen molar-refractivity contribution >= 4 is 67.6 Å². The molecule has 1 aliphatic heterocycles. The summed E-state index contributed by atoms with van der Waals surface area (Å²) in [5.74, 6) is -0.330. The van der Waals surface area contributed by atoms with Crippen molar-refractivity contribution in [2.75, 3.05) is 4.90 Å². The zero-order valence-electron chi connectivity index (χ0n) is 20.0. The highest BCUT2D eigenvalue weighted by molar-refractivity contribution is 9.10. The molecule has 1 fully saturated rings. The molecule has 1 N–H and O–H groups in total. The van der Waals surface area contributed by atoms with Crippen molar-refractivity contribution < 1.29 is 14.3 Å². The van der Waals surface area contributed by atoms with Crippen LogP contribution in [0.1, 0.15) is 23.6 Å². The lowest BCUT2D eigenvalue weighted by Crippen LogP contribution is -2.54. The number of fused-ring (bicyclic) bond motifs is 1. The third-order valence-corrected chi connectivity index (χ3v) is 7.08. The van der Waals surface area contributed by atoms with Crippen molar-refractivity contribution in [2.45, 2.75) is 20.0 Å². The molecule has 2 amide bonds. The van der Waals surface area contributed by atoms with E-state index in [0.717, 1.165) is 22.9 Å². The van der Waals surface area contributed by atoms with Gasteiger partial charge in [0, 0.05) is 0 Å². The summed E-state index contributed by atoms with van der Waals surface area (Å²) in [6.45, 7) is 2.47. The van der Waals surface area contributed by atoms with Gasteiger partial charge in [-0.1, -0.05) is 61.5 Å². The number of aryl methyl sites for hydroxylation is 1. The van der Waals surface area contributed by atoms with Crippen LogP contribution in [0.25, 0.3) is 16.8 Å². The molecular weight excluding hydrogens is 548 g/mol. The first kappa shape index (κ1) is 24.9. The minimum Gasteiger partial charge on any atom is -0.488 e. The predicted octanol–water partition coefficient (Wildman–Crippen LogP) is 6.58. The van der Waals surface area contributed by atoms with Crippen LogP contribution in [0.5, 0.6) is 5.75 Å². The average molecular weight is 571 g/mol. The van der Waals surface area contributed by atoms with Gasteiger partial charge in [0.2, 0.25) is 0 Å². The minimum atomic E-state index is -0.524. The van der Waals surface area contributed by atoms with E-state index in [1.165, 1.54) is 10.3 Å². The third-order valence-electron chi connectivity index (χ3n) is 6.18. The van der Waals surface area contributed by atoms with Gasteiger partial charge in [0.15, 0.2) is 5.11 Å². The molecule has 5 nitrogen and oxygen atoms in total. The van der Waals surface area contributed by atoms with E-state index in [1.54, 1.807) is 12.1 Å². The lowest BCUT2D eigenvalue weighted by atomic mass is 10.1. The third kappa shape index (κ3) is 5.33. The molecule has 1 saturated heterocycles. The molecule has 0 spiro atoms. The number of hydrogen-bond acceptors (Lipinski definition) is 4. The maximum absolute atomic E-state index is 13.3. The fourth-order valence-electron chi connectivity index (χ4n) is 4.15. The number of carbonyl (C=O) groups is 2. The number of ether oxygens (including phenoxy) is 1. The summed E-state index contributed by atoms with van der Waals surface area (Å²) in [7, 11) is 0. The summed E-state index contributed by atoms with van der Waals surface area (Å²) < 4.78 is 6.74. The van der Waals surface area contributed by atoms with E-state index >= 15 is 0 Å². The summed E-state index contributed by atoms with van der Waals surface area (Å²) in [5, 5.41) is 5.04. The molecule has 1 aliphatic rings. The number of carbonyl (C=O) groups excluding carboxylic acids is 2. The smallest absolute Gasteiger partial charge is 0.270 e. The standard InChI is InChI=1S/C30H23BrN2O3S/c1-2-19-8-12-24(13-9-19)33-29(35)25(28(34)32-30(33)37)16-20-10-14-27(26(31)17-20)36-18-21-7-11-22-5-3-4-6-23(22)15-21/h3-17H,2,18H2,1H3,(H,32,34,37)/b25-16+. The molecule has 0 saturated carbocycles. The molecule has 7 heteroatoms. The molecule has 1 heterocycles. The van der Waals surface area contributed by atoms with Crippen molar-refractivity contribution in [2.24, 2.45) is 0 Å². The maximum atomic E-state index is 13.3. The first-order valence-electron chi connectivity index (χ1n) is 11.8. The molecule has 0 unspecified atom stereocenters. The number of nitrogens with one attached hydrogen (secondary N) is 1. The van der Waals surface area contributed by atoms with E-state index in [-0.39, 0.29) is 10.7 Å². The Labute approximate surface area is 228 Å². The van der Waals surface area contributed by atoms with Crippen LogP contribution in [0.3, 0.4) is 0 Å². The molecule has 5 rings (SSSR count). The largest absolute Gasteiger partial charge is 0.488 e. The molecule has 4 aromatic rings. The Kier molecular flexibility index (Phi) is 7.17. The Morgan fingerprint density at radius 2 is 1.65 bits per heavy atom. The number of thiocarbonyl (C=S) groups is 1. The van der Waals surface area contributed by atoms with E-state index in [9.17, 15) is 9.59 Å². The monoisotopic (exact) mass is 570 g/mol. The second-order valence-corrected chi connectivity index (χ2v) is 9.88. The molecular formula is C30H23BrN2O3S. The minimum absolute atomic E-state index is 0.00454. The Bertz CT molecular complexity index is 1560. The maximum Gasteiger partial charge on any atom is 0.270 e. The van der Waals surface area contributed by atoms with Crippen molar-refractivity contribution in [3.8, 4) is 5.75 Å². The van der Waals surface area contributed by atoms with Crippen molar-refractivity contribution in [3.63, 3.8) is 0 Å². The fraction of sp³-hybridized carbons (Fsp3) is 0.100. The SMILES string of the molecule is CCc1ccc(N2C(=O)/C(=C/c3ccc(OCc4ccc5ccccc5c4)c(Br)c3)C(=O)NC2=S)cc1. The van der Waals surface area contributed by atoms with Crippen molar-refractivity contribution in [1.82, 2.24) is 5.32 Å². The number of nitrogens with zero attached hydrogens (tertiary/aromatic N) is 1. The van der Waals surface area contributed by atoms with Gasteiger partial charge in [-0.05, 0) is 98.4 Å². The summed E-state index contributed by atoms with van der Waals surface area (Å²) in [6, 6.07) is 27.4. The van der Waals surface area contributed by atoms with Gasteiger partial charge in [-0.3, -0.25) is 19.8 Å². The van der Waals surface area contributed by atoms with Gasteiger partial charge in [0.25, 0.3) is 11.8 Å². The van der Waals surface area contributed by atoms with Gasteiger partial charge >= 0.3 is 0 Å². The number of hydrogen-bond donors (Lipinski definition) is 1. The van der Waals surface area contributed by atoms with E-state index in [1.807, 2.05) is 54.6 Å². The fourth-order valence-corrected chi connectivity index (χ4v) is 4.94. The Morgan fingerprint density at radius 1 is 0.919 bits per heavy atom. The van der Waals surface area contributed by atoms with Crippen LogP contribution < -0.4 is 15.0 Å². The Hall–Kier alpha value is -3.81. The molecule has 0 aromatic heterocycles. The molecule has 4 aromatic carbocycles.